The van der Waals surface area contributed by atoms with Gasteiger partial charge in [-0.25, -0.2) is 0 Å². The fraction of sp³-hybridized carbons (Fsp3) is 0.667. The van der Waals surface area contributed by atoms with Gasteiger partial charge in [-0.15, -0.1) is 0 Å². The van der Waals surface area contributed by atoms with Crippen LogP contribution in [0.1, 0.15) is 34.6 Å². The van der Waals surface area contributed by atoms with Crippen LogP contribution in [0.2, 0.25) is 0 Å². The van der Waals surface area contributed by atoms with E-state index in [0.29, 0.717) is 5.16 Å². The lowest BCUT2D eigenvalue weighted by atomic mass is 10.3. The Morgan fingerprint density at radius 2 is 1.60 bits per heavy atom. The summed E-state index contributed by atoms with van der Waals surface area (Å²) in [6, 6.07) is 0.102. The molecule has 0 fully saturated rings. The maximum atomic E-state index is 11.3. The van der Waals surface area contributed by atoms with Crippen molar-refractivity contribution in [2.75, 3.05) is 16.4 Å². The van der Waals surface area contributed by atoms with Crippen molar-refractivity contribution in [1.82, 2.24) is 9.97 Å². The smallest absolute Gasteiger partial charge is 0.353 e. The third-order valence-corrected chi connectivity index (χ3v) is 2.90. The zero-order chi connectivity index (χ0) is 15.3. The third-order valence-electron chi connectivity index (χ3n) is 2.17. The Bertz CT molecular complexity index is 448. The molecule has 0 radical (unpaired) electrons. The number of nitrogens with one attached hydrogen (secondary N) is 2. The highest BCUT2D eigenvalue weighted by molar-refractivity contribution is 7.99. The molecule has 0 unspecified atom stereocenters. The van der Waals surface area contributed by atoms with E-state index in [9.17, 15) is 10.1 Å². The summed E-state index contributed by atoms with van der Waals surface area (Å²) >= 11 is 1.45. The van der Waals surface area contributed by atoms with Crippen molar-refractivity contribution in [1.29, 1.82) is 0 Å². The van der Waals surface area contributed by atoms with Gasteiger partial charge in [0.1, 0.15) is 0 Å². The summed E-state index contributed by atoms with van der Waals surface area (Å²) in [4.78, 5) is 19.4. The molecular weight excluding hydrogens is 278 g/mol. The molecule has 0 saturated heterocycles. The zero-order valence-corrected chi connectivity index (χ0v) is 13.2. The van der Waals surface area contributed by atoms with Crippen LogP contribution in [0.4, 0.5) is 17.3 Å². The first kappa shape index (κ1) is 16.5. The maximum absolute atomic E-state index is 11.3. The lowest BCUT2D eigenvalue weighted by Gasteiger charge is -2.15. The summed E-state index contributed by atoms with van der Waals surface area (Å²) in [6.07, 6.45) is 0. The summed E-state index contributed by atoms with van der Waals surface area (Å²) < 4.78 is 0. The van der Waals surface area contributed by atoms with E-state index in [4.69, 9.17) is 0 Å². The Hall–Kier alpha value is -1.57. The van der Waals surface area contributed by atoms with E-state index in [2.05, 4.69) is 20.6 Å². The SMILES string of the molecule is CCSc1nc(NC(C)C)c([N+](=O)[O-])c(NC(C)C)n1. The monoisotopic (exact) mass is 299 g/mol. The number of nitro groups is 1. The first-order valence-corrected chi connectivity index (χ1v) is 7.56. The lowest BCUT2D eigenvalue weighted by molar-refractivity contribution is -0.383. The quantitative estimate of drug-likeness (QED) is 0.346. The molecule has 20 heavy (non-hydrogen) atoms. The normalized spacial score (nSPS) is 10.9. The maximum Gasteiger partial charge on any atom is 0.353 e. The van der Waals surface area contributed by atoms with E-state index in [1.807, 2.05) is 34.6 Å². The van der Waals surface area contributed by atoms with Crippen LogP contribution >= 0.6 is 11.8 Å². The van der Waals surface area contributed by atoms with Crippen LogP contribution in [0.5, 0.6) is 0 Å². The van der Waals surface area contributed by atoms with Crippen LogP contribution in [-0.4, -0.2) is 32.7 Å². The second-order valence-electron chi connectivity index (χ2n) is 4.84. The number of hydrogen-bond acceptors (Lipinski definition) is 7. The zero-order valence-electron chi connectivity index (χ0n) is 12.4. The second-order valence-corrected chi connectivity index (χ2v) is 6.07. The average Bonchev–Trinajstić information content (AvgIpc) is 2.26. The van der Waals surface area contributed by atoms with E-state index in [1.165, 1.54) is 11.8 Å². The van der Waals surface area contributed by atoms with Gasteiger partial charge in [-0.05, 0) is 33.4 Å². The second kappa shape index (κ2) is 7.28. The molecule has 0 spiro atoms. The number of hydrogen-bond donors (Lipinski definition) is 2. The highest BCUT2D eigenvalue weighted by atomic mass is 32.2. The summed E-state index contributed by atoms with van der Waals surface area (Å²) in [5, 5.41) is 17.9. The van der Waals surface area contributed by atoms with Crippen LogP contribution in [0, 0.1) is 10.1 Å². The van der Waals surface area contributed by atoms with Gasteiger partial charge >= 0.3 is 5.69 Å². The van der Waals surface area contributed by atoms with E-state index in [1.54, 1.807) is 0 Å². The number of rotatable bonds is 7. The molecule has 0 aromatic carbocycles. The molecule has 0 aliphatic heterocycles. The summed E-state index contributed by atoms with van der Waals surface area (Å²) in [6.45, 7) is 9.63. The minimum absolute atomic E-state index is 0.0509. The van der Waals surface area contributed by atoms with Crippen molar-refractivity contribution < 1.29 is 4.92 Å². The molecule has 7 nitrogen and oxygen atoms in total. The molecule has 0 aliphatic carbocycles. The fourth-order valence-electron chi connectivity index (χ4n) is 1.55. The first-order chi connectivity index (χ1) is 9.35. The molecule has 0 bridgehead atoms. The van der Waals surface area contributed by atoms with E-state index >= 15 is 0 Å². The number of thioether (sulfide) groups is 1. The standard InChI is InChI=1S/C12H21N5O2S/c1-6-20-12-15-10(13-7(2)3)9(17(18)19)11(16-12)14-8(4)5/h7-8H,6H2,1-5H3,(H2,13,14,15,16). The fourth-order valence-corrected chi connectivity index (χ4v) is 2.12. The number of aromatic nitrogens is 2. The van der Waals surface area contributed by atoms with Crippen LogP contribution in [0.25, 0.3) is 0 Å². The van der Waals surface area contributed by atoms with Gasteiger partial charge in [-0.2, -0.15) is 9.97 Å². The van der Waals surface area contributed by atoms with Gasteiger partial charge in [-0.3, -0.25) is 10.1 Å². The summed E-state index contributed by atoms with van der Waals surface area (Å²) in [5.74, 6) is 1.33. The largest absolute Gasteiger partial charge is 0.362 e. The van der Waals surface area contributed by atoms with Gasteiger partial charge in [-0.1, -0.05) is 18.7 Å². The van der Waals surface area contributed by atoms with Gasteiger partial charge in [0.25, 0.3) is 0 Å². The van der Waals surface area contributed by atoms with Crippen molar-refractivity contribution in [3.05, 3.63) is 10.1 Å². The van der Waals surface area contributed by atoms with Crippen molar-refractivity contribution in [2.45, 2.75) is 51.9 Å². The molecule has 0 atom stereocenters. The Balaban J connectivity index is 3.35. The molecule has 1 aromatic heterocycles. The molecule has 1 rings (SSSR count). The first-order valence-electron chi connectivity index (χ1n) is 6.57. The van der Waals surface area contributed by atoms with Gasteiger partial charge in [0.2, 0.25) is 11.6 Å². The molecule has 8 heteroatoms. The summed E-state index contributed by atoms with van der Waals surface area (Å²) in [7, 11) is 0. The van der Waals surface area contributed by atoms with Crippen LogP contribution in [-0.2, 0) is 0 Å². The molecule has 112 valence electrons. The Morgan fingerprint density at radius 3 is 1.90 bits per heavy atom. The predicted octanol–water partition coefficient (Wildman–Crippen LogP) is 3.14. The highest BCUT2D eigenvalue weighted by Crippen LogP contribution is 2.33. The van der Waals surface area contributed by atoms with E-state index in [-0.39, 0.29) is 29.4 Å². The van der Waals surface area contributed by atoms with Crippen molar-refractivity contribution in [3.8, 4) is 0 Å². The van der Waals surface area contributed by atoms with Crippen molar-refractivity contribution >= 4 is 29.1 Å². The van der Waals surface area contributed by atoms with E-state index in [0.717, 1.165) is 5.75 Å². The third kappa shape index (κ3) is 4.52. The minimum atomic E-state index is -0.449. The lowest BCUT2D eigenvalue weighted by Crippen LogP contribution is -2.18. The van der Waals surface area contributed by atoms with E-state index < -0.39 is 4.92 Å². The van der Waals surface area contributed by atoms with Crippen molar-refractivity contribution in [2.24, 2.45) is 0 Å². The van der Waals surface area contributed by atoms with Gasteiger partial charge in [0.15, 0.2) is 5.16 Å². The number of nitrogens with zero attached hydrogens (tertiary/aromatic N) is 3. The molecule has 0 amide bonds. The molecule has 0 aliphatic rings. The Labute approximate surface area is 123 Å². The predicted molar refractivity (Wildman–Crippen MR) is 82.6 cm³/mol. The average molecular weight is 299 g/mol. The molecule has 1 heterocycles. The number of anilines is 2. The highest BCUT2D eigenvalue weighted by Gasteiger charge is 2.25. The van der Waals surface area contributed by atoms with Gasteiger partial charge in [0.05, 0.1) is 4.92 Å². The topological polar surface area (TPSA) is 93.0 Å². The van der Waals surface area contributed by atoms with Crippen molar-refractivity contribution in [3.63, 3.8) is 0 Å². The van der Waals surface area contributed by atoms with Crippen LogP contribution in [0.3, 0.4) is 0 Å². The molecule has 2 N–H and O–H groups in total. The molecule has 0 saturated carbocycles. The minimum Gasteiger partial charge on any atom is -0.362 e. The van der Waals surface area contributed by atoms with Crippen LogP contribution < -0.4 is 10.6 Å². The Kier molecular flexibility index (Phi) is 6.00. The molecule has 1 aromatic rings. The summed E-state index contributed by atoms with van der Waals surface area (Å²) in [5.41, 5.74) is -0.104. The van der Waals surface area contributed by atoms with Gasteiger partial charge in [0, 0.05) is 12.1 Å². The van der Waals surface area contributed by atoms with Gasteiger partial charge < -0.3 is 10.6 Å². The van der Waals surface area contributed by atoms with Crippen LogP contribution in [0.15, 0.2) is 5.16 Å². The Morgan fingerprint density at radius 1 is 1.15 bits per heavy atom. The molecular formula is C12H21N5O2S.